The molecule has 2 heterocycles. The monoisotopic (exact) mass is 670 g/mol. The fourth-order valence-electron chi connectivity index (χ4n) is 4.16. The Labute approximate surface area is 242 Å². The van der Waals surface area contributed by atoms with Gasteiger partial charge in [0.2, 0.25) is 6.10 Å². The lowest BCUT2D eigenvalue weighted by molar-refractivity contribution is -0.203. The highest BCUT2D eigenvalue weighted by molar-refractivity contribution is 14.1. The Morgan fingerprint density at radius 3 is 2.50 bits per heavy atom. The maximum Gasteiger partial charge on any atom is 0.355 e. The number of amides is 2. The summed E-state index contributed by atoms with van der Waals surface area (Å²) in [6, 6.07) is 17.6. The van der Waals surface area contributed by atoms with E-state index in [9.17, 15) is 19.2 Å². The number of hydrogen-bond acceptors (Lipinski definition) is 8. The first-order valence-corrected chi connectivity index (χ1v) is 14.7. The molecular formula is C26H24ClIN2O7S. The minimum atomic E-state index is -1.83. The number of esters is 1. The molecule has 2 aliphatic rings. The number of fused-ring (bicyclic) bond motifs is 1. The number of thioether (sulfide) groups is 1. The largest absolute Gasteiger partial charge is 0.460 e. The summed E-state index contributed by atoms with van der Waals surface area (Å²) >= 11 is 9.49. The third-order valence-electron chi connectivity index (χ3n) is 5.93. The van der Waals surface area contributed by atoms with Crippen LogP contribution in [0.2, 0.25) is 0 Å². The van der Waals surface area contributed by atoms with Crippen molar-refractivity contribution in [1.82, 2.24) is 10.2 Å². The predicted octanol–water partition coefficient (Wildman–Crippen LogP) is 3.32. The molecule has 2 amide bonds. The molecule has 2 aliphatic heterocycles. The van der Waals surface area contributed by atoms with E-state index in [0.29, 0.717) is 21.3 Å². The Kier molecular flexibility index (Phi) is 9.69. The summed E-state index contributed by atoms with van der Waals surface area (Å²) in [4.78, 5) is 52.7. The van der Waals surface area contributed by atoms with Crippen LogP contribution in [0.5, 0.6) is 0 Å². The molecule has 1 N–H and O–H groups in total. The van der Waals surface area contributed by atoms with Gasteiger partial charge in [0.05, 0.1) is 6.61 Å². The number of alkyl halides is 2. The molecule has 2 aromatic carbocycles. The third kappa shape index (κ3) is 5.70. The van der Waals surface area contributed by atoms with Gasteiger partial charge in [0.15, 0.2) is 0 Å². The molecule has 2 aromatic rings. The maximum atomic E-state index is 13.8. The van der Waals surface area contributed by atoms with E-state index < -0.39 is 35.0 Å². The van der Waals surface area contributed by atoms with Crippen molar-refractivity contribution in [3.05, 3.63) is 83.1 Å². The SMILES string of the molecule is O=COC(C(=O)NC1(OCc2ccccc2)C(=O)N2C(C(=O)OCCI)=C(CCl)CS[C@H]21)c1ccccc1. The lowest BCUT2D eigenvalue weighted by atomic mass is 9.97. The normalized spacial score (nSPS) is 21.2. The van der Waals surface area contributed by atoms with Crippen molar-refractivity contribution < 1.29 is 33.4 Å². The lowest BCUT2D eigenvalue weighted by Gasteiger charge is -2.56. The third-order valence-corrected chi connectivity index (χ3v) is 8.06. The van der Waals surface area contributed by atoms with Gasteiger partial charge >= 0.3 is 5.97 Å². The van der Waals surface area contributed by atoms with Crippen LogP contribution in [0.4, 0.5) is 0 Å². The van der Waals surface area contributed by atoms with Gasteiger partial charge in [-0.1, -0.05) is 83.3 Å². The fourth-order valence-corrected chi connectivity index (χ4v) is 6.12. The first-order valence-electron chi connectivity index (χ1n) is 11.6. The van der Waals surface area contributed by atoms with E-state index in [1.165, 1.54) is 16.7 Å². The smallest absolute Gasteiger partial charge is 0.355 e. The molecule has 2 unspecified atom stereocenters. The minimum Gasteiger partial charge on any atom is -0.460 e. The van der Waals surface area contributed by atoms with E-state index in [1.54, 1.807) is 30.3 Å². The molecule has 0 spiro atoms. The summed E-state index contributed by atoms with van der Waals surface area (Å²) in [6.45, 7) is 0.352. The van der Waals surface area contributed by atoms with E-state index in [0.717, 1.165) is 5.56 Å². The molecule has 0 bridgehead atoms. The molecule has 3 atom stereocenters. The first kappa shape index (κ1) is 28.4. The second-order valence-electron chi connectivity index (χ2n) is 8.27. The van der Waals surface area contributed by atoms with Crippen LogP contribution >= 0.6 is 46.0 Å². The van der Waals surface area contributed by atoms with Gasteiger partial charge < -0.3 is 19.5 Å². The summed E-state index contributed by atoms with van der Waals surface area (Å²) in [7, 11) is 0. The van der Waals surface area contributed by atoms with Crippen LogP contribution in [0.15, 0.2) is 71.9 Å². The molecule has 38 heavy (non-hydrogen) atoms. The van der Waals surface area contributed by atoms with Gasteiger partial charge in [-0.2, -0.15) is 0 Å². The Morgan fingerprint density at radius 1 is 1.18 bits per heavy atom. The Balaban J connectivity index is 1.67. The van der Waals surface area contributed by atoms with Crippen molar-refractivity contribution in [3.63, 3.8) is 0 Å². The van der Waals surface area contributed by atoms with Crippen LogP contribution in [0.3, 0.4) is 0 Å². The van der Waals surface area contributed by atoms with Gasteiger partial charge in [-0.3, -0.25) is 19.3 Å². The number of nitrogens with zero attached hydrogens (tertiary/aromatic N) is 1. The van der Waals surface area contributed by atoms with Crippen molar-refractivity contribution in [1.29, 1.82) is 0 Å². The van der Waals surface area contributed by atoms with E-state index in [4.69, 9.17) is 25.8 Å². The number of nitrogens with one attached hydrogen (secondary N) is 1. The number of ether oxygens (including phenoxy) is 3. The van der Waals surface area contributed by atoms with Crippen molar-refractivity contribution in [2.75, 3.05) is 22.7 Å². The van der Waals surface area contributed by atoms with Crippen LogP contribution in [-0.2, 0) is 40.0 Å². The lowest BCUT2D eigenvalue weighted by Crippen LogP contribution is -2.81. The summed E-state index contributed by atoms with van der Waals surface area (Å²) in [5, 5.41) is 1.91. The number of benzene rings is 2. The van der Waals surface area contributed by atoms with Crippen LogP contribution < -0.4 is 5.32 Å². The Hall–Kier alpha value is -2.61. The van der Waals surface area contributed by atoms with Gasteiger partial charge in [-0.15, -0.1) is 23.4 Å². The van der Waals surface area contributed by atoms with Crippen LogP contribution in [0.1, 0.15) is 17.2 Å². The van der Waals surface area contributed by atoms with E-state index in [2.05, 4.69) is 27.9 Å². The Bertz CT molecular complexity index is 1220. The number of rotatable bonds is 12. The predicted molar refractivity (Wildman–Crippen MR) is 149 cm³/mol. The molecular weight excluding hydrogens is 647 g/mol. The number of β-lactam (4-membered cyclic amide) rings is 1. The quantitative estimate of drug-likeness (QED) is 0.0915. The molecule has 4 rings (SSSR count). The number of carbonyl (C=O) groups is 4. The number of hydrogen-bond donors (Lipinski definition) is 1. The van der Waals surface area contributed by atoms with Gasteiger partial charge in [-0.05, 0) is 11.1 Å². The van der Waals surface area contributed by atoms with Gasteiger partial charge in [-0.25, -0.2) is 4.79 Å². The molecule has 0 radical (unpaired) electrons. The number of carbonyl (C=O) groups excluding carboxylic acids is 4. The topological polar surface area (TPSA) is 111 Å². The van der Waals surface area contributed by atoms with Crippen molar-refractivity contribution in [3.8, 4) is 0 Å². The highest BCUT2D eigenvalue weighted by atomic mass is 127. The summed E-state index contributed by atoms with van der Waals surface area (Å²) in [6.07, 6.45) is -1.32. The summed E-state index contributed by atoms with van der Waals surface area (Å²) < 4.78 is 17.1. The van der Waals surface area contributed by atoms with Gasteiger partial charge in [0.25, 0.3) is 24.0 Å². The molecule has 12 heteroatoms. The first-order chi connectivity index (χ1) is 18.5. The molecule has 200 valence electrons. The molecule has 0 aromatic heterocycles. The zero-order chi connectivity index (χ0) is 27.1. The van der Waals surface area contributed by atoms with Gasteiger partial charge in [0.1, 0.15) is 17.7 Å². The molecule has 0 aliphatic carbocycles. The van der Waals surface area contributed by atoms with E-state index in [1.807, 2.05) is 30.3 Å². The minimum absolute atomic E-state index is 0.00297. The summed E-state index contributed by atoms with van der Waals surface area (Å²) in [5.41, 5.74) is -0.0216. The van der Waals surface area contributed by atoms with Gasteiger partial charge in [0, 0.05) is 21.6 Å². The molecule has 1 saturated heterocycles. The fraction of sp³-hybridized carbons (Fsp3) is 0.308. The van der Waals surface area contributed by atoms with E-state index in [-0.39, 0.29) is 31.3 Å². The maximum absolute atomic E-state index is 13.8. The standard InChI is InChI=1S/C26H24ClIN2O7S/c27-13-19-15-38-25-26(37-14-17-7-3-1-4-8-17,24(34)30(25)20(19)23(33)35-12-11-28)29-22(32)21(36-16-31)18-9-5-2-6-10-18/h1-10,16,21,25H,11-15H2,(H,29,32)/t21?,25-,26?/m0/s1. The zero-order valence-electron chi connectivity index (χ0n) is 20.0. The van der Waals surface area contributed by atoms with Crippen LogP contribution in [0.25, 0.3) is 0 Å². The Morgan fingerprint density at radius 2 is 1.87 bits per heavy atom. The highest BCUT2D eigenvalue weighted by Crippen LogP contribution is 2.48. The molecule has 0 saturated carbocycles. The van der Waals surface area contributed by atoms with Crippen molar-refractivity contribution >= 4 is 70.2 Å². The second-order valence-corrected chi connectivity index (χ2v) is 10.7. The molecule has 1 fully saturated rings. The van der Waals surface area contributed by atoms with Crippen molar-refractivity contribution in [2.24, 2.45) is 0 Å². The zero-order valence-corrected chi connectivity index (χ0v) is 23.7. The second kappa shape index (κ2) is 13.0. The summed E-state index contributed by atoms with van der Waals surface area (Å²) in [5.74, 6) is -1.70. The van der Waals surface area contributed by atoms with Crippen molar-refractivity contribution in [2.45, 2.75) is 23.8 Å². The average molecular weight is 671 g/mol. The average Bonchev–Trinajstić information content (AvgIpc) is 2.96. The molecule has 9 nitrogen and oxygen atoms in total. The van der Waals surface area contributed by atoms with Crippen LogP contribution in [-0.4, -0.2) is 62.9 Å². The number of halogens is 2. The van der Waals surface area contributed by atoms with Crippen LogP contribution in [0, 0.1) is 0 Å². The van der Waals surface area contributed by atoms with E-state index >= 15 is 0 Å². The highest BCUT2D eigenvalue weighted by Gasteiger charge is 2.67.